The molecule has 3 rings (SSSR count). The van der Waals surface area contributed by atoms with Gasteiger partial charge in [-0.1, -0.05) is 24.3 Å². The van der Waals surface area contributed by atoms with Gasteiger partial charge in [0, 0.05) is 5.56 Å². The average Bonchev–Trinajstić information content (AvgIpc) is 3.08. The largest absolute Gasteiger partial charge is 0.444 e. The lowest BCUT2D eigenvalue weighted by Crippen LogP contribution is -3.13. The fourth-order valence-electron chi connectivity index (χ4n) is 3.12. The molecule has 0 radical (unpaired) electrons. The van der Waals surface area contributed by atoms with Crippen molar-refractivity contribution in [3.63, 3.8) is 0 Å². The van der Waals surface area contributed by atoms with Gasteiger partial charge in [-0.2, -0.15) is 0 Å². The van der Waals surface area contributed by atoms with Crippen LogP contribution in [0.5, 0.6) is 0 Å². The highest BCUT2D eigenvalue weighted by Gasteiger charge is 2.24. The van der Waals surface area contributed by atoms with Gasteiger partial charge in [-0.3, -0.25) is 9.59 Å². The third kappa shape index (κ3) is 4.74. The maximum atomic E-state index is 12.3. The van der Waals surface area contributed by atoms with Crippen LogP contribution in [0.1, 0.15) is 21.7 Å². The minimum absolute atomic E-state index is 0.00964. The number of carbonyl (C=O) groups is 2. The molecule has 0 aliphatic carbocycles. The molecule has 1 saturated heterocycles. The lowest BCUT2D eigenvalue weighted by molar-refractivity contribution is -0.917. The van der Waals surface area contributed by atoms with E-state index in [0.29, 0.717) is 17.8 Å². The van der Waals surface area contributed by atoms with Crippen LogP contribution in [0.2, 0.25) is 0 Å². The number of furan rings is 1. The molecular formula is C19H23BrN3O3+. The van der Waals surface area contributed by atoms with Crippen LogP contribution in [-0.4, -0.2) is 49.4 Å². The van der Waals surface area contributed by atoms with E-state index in [4.69, 9.17) is 4.42 Å². The third-order valence-electron chi connectivity index (χ3n) is 4.72. The molecule has 138 valence electrons. The van der Waals surface area contributed by atoms with Crippen molar-refractivity contribution in [1.82, 2.24) is 10.2 Å². The van der Waals surface area contributed by atoms with Gasteiger partial charge in [0.25, 0.3) is 5.91 Å². The fourth-order valence-corrected chi connectivity index (χ4v) is 3.42. The van der Waals surface area contributed by atoms with Crippen LogP contribution in [0.15, 0.2) is 45.5 Å². The molecule has 0 atom stereocenters. The third-order valence-corrected chi connectivity index (χ3v) is 5.15. The van der Waals surface area contributed by atoms with Crippen LogP contribution < -0.4 is 10.2 Å². The van der Waals surface area contributed by atoms with Gasteiger partial charge in [-0.05, 0) is 40.5 Å². The van der Waals surface area contributed by atoms with Crippen molar-refractivity contribution in [2.45, 2.75) is 13.5 Å². The van der Waals surface area contributed by atoms with Gasteiger partial charge in [0.05, 0.1) is 32.7 Å². The van der Waals surface area contributed by atoms with Gasteiger partial charge in [-0.25, -0.2) is 0 Å². The molecule has 1 aromatic carbocycles. The van der Waals surface area contributed by atoms with Gasteiger partial charge < -0.3 is 19.5 Å². The number of nitrogens with zero attached hydrogens (tertiary/aromatic N) is 1. The van der Waals surface area contributed by atoms with E-state index in [0.717, 1.165) is 19.6 Å². The molecule has 1 aromatic heterocycles. The molecule has 26 heavy (non-hydrogen) atoms. The van der Waals surface area contributed by atoms with E-state index in [9.17, 15) is 9.59 Å². The lowest BCUT2D eigenvalue weighted by Gasteiger charge is -2.32. The monoisotopic (exact) mass is 420 g/mol. The van der Waals surface area contributed by atoms with Crippen LogP contribution in [0.25, 0.3) is 0 Å². The first kappa shape index (κ1) is 18.7. The van der Waals surface area contributed by atoms with Crippen LogP contribution in [0, 0.1) is 6.92 Å². The molecule has 2 heterocycles. The molecule has 0 spiro atoms. The Balaban J connectivity index is 1.43. The molecule has 1 aliphatic rings. The smallest absolute Gasteiger partial charge is 0.287 e. The topological polar surface area (TPSA) is 67.0 Å². The SMILES string of the molecule is Cc1ccccc1C[NH+]1CCN(C(=O)CNC(=O)c2ccc(Br)o2)CC1. The Morgan fingerprint density at radius 2 is 1.92 bits per heavy atom. The van der Waals surface area contributed by atoms with Crippen molar-refractivity contribution in [3.8, 4) is 0 Å². The van der Waals surface area contributed by atoms with Gasteiger partial charge in [0.15, 0.2) is 10.4 Å². The summed E-state index contributed by atoms with van der Waals surface area (Å²) in [6, 6.07) is 11.6. The molecule has 0 unspecified atom stereocenters. The fraction of sp³-hybridized carbons (Fsp3) is 0.368. The van der Waals surface area contributed by atoms with E-state index >= 15 is 0 Å². The zero-order valence-electron chi connectivity index (χ0n) is 14.8. The summed E-state index contributed by atoms with van der Waals surface area (Å²) < 4.78 is 5.67. The van der Waals surface area contributed by atoms with Gasteiger partial charge in [0.2, 0.25) is 5.91 Å². The Labute approximate surface area is 161 Å². The van der Waals surface area contributed by atoms with Crippen LogP contribution in [0.4, 0.5) is 0 Å². The highest BCUT2D eigenvalue weighted by atomic mass is 79.9. The Bertz CT molecular complexity index is 782. The van der Waals surface area contributed by atoms with Crippen molar-refractivity contribution >= 4 is 27.7 Å². The predicted octanol–water partition coefficient (Wildman–Crippen LogP) is 1.01. The Hall–Kier alpha value is -2.12. The zero-order valence-corrected chi connectivity index (χ0v) is 16.3. The minimum atomic E-state index is -0.382. The predicted molar refractivity (Wildman–Crippen MR) is 101 cm³/mol. The van der Waals surface area contributed by atoms with Crippen LogP contribution in [0.3, 0.4) is 0 Å². The second-order valence-electron chi connectivity index (χ2n) is 6.52. The molecule has 1 fully saturated rings. The molecule has 1 aliphatic heterocycles. The van der Waals surface area contributed by atoms with Crippen LogP contribution >= 0.6 is 15.9 Å². The van der Waals surface area contributed by atoms with Crippen LogP contribution in [-0.2, 0) is 11.3 Å². The minimum Gasteiger partial charge on any atom is -0.444 e. The molecule has 2 aromatic rings. The van der Waals surface area contributed by atoms with Crippen molar-refractivity contribution in [2.75, 3.05) is 32.7 Å². The maximum Gasteiger partial charge on any atom is 0.287 e. The first-order valence-corrected chi connectivity index (χ1v) is 9.51. The van der Waals surface area contributed by atoms with E-state index < -0.39 is 0 Å². The number of quaternary nitrogens is 1. The van der Waals surface area contributed by atoms with E-state index in [2.05, 4.69) is 52.4 Å². The molecular weight excluding hydrogens is 398 g/mol. The lowest BCUT2D eigenvalue weighted by atomic mass is 10.1. The zero-order chi connectivity index (χ0) is 18.5. The number of aryl methyl sites for hydroxylation is 1. The molecule has 2 amide bonds. The standard InChI is InChI=1S/C19H22BrN3O3/c1-14-4-2-3-5-15(14)13-22-8-10-23(11-9-22)18(24)12-21-19(25)16-6-7-17(20)26-16/h2-7H,8-13H2,1H3,(H,21,25)/p+1. The van der Waals surface area contributed by atoms with Crippen molar-refractivity contribution in [1.29, 1.82) is 0 Å². The maximum absolute atomic E-state index is 12.3. The number of carbonyl (C=O) groups excluding carboxylic acids is 2. The van der Waals surface area contributed by atoms with Crippen molar-refractivity contribution < 1.29 is 18.9 Å². The highest BCUT2D eigenvalue weighted by Crippen LogP contribution is 2.13. The van der Waals surface area contributed by atoms with Gasteiger partial charge in [0.1, 0.15) is 6.54 Å². The molecule has 6 nitrogen and oxygen atoms in total. The summed E-state index contributed by atoms with van der Waals surface area (Å²) in [5.74, 6) is -0.246. The Morgan fingerprint density at radius 1 is 1.19 bits per heavy atom. The van der Waals surface area contributed by atoms with E-state index in [1.807, 2.05) is 4.90 Å². The van der Waals surface area contributed by atoms with Gasteiger partial charge >= 0.3 is 0 Å². The number of halogens is 1. The normalized spacial score (nSPS) is 15.1. The van der Waals surface area contributed by atoms with Crippen molar-refractivity contribution in [3.05, 3.63) is 58.0 Å². The molecule has 0 bridgehead atoms. The number of hydrogen-bond donors (Lipinski definition) is 2. The second-order valence-corrected chi connectivity index (χ2v) is 7.30. The summed E-state index contributed by atoms with van der Waals surface area (Å²) in [5, 5.41) is 2.62. The number of rotatable bonds is 5. The summed E-state index contributed by atoms with van der Waals surface area (Å²) in [5.41, 5.74) is 2.67. The van der Waals surface area contributed by atoms with Crippen molar-refractivity contribution in [2.24, 2.45) is 0 Å². The molecule has 2 N–H and O–H groups in total. The first-order chi connectivity index (χ1) is 12.5. The van der Waals surface area contributed by atoms with E-state index in [-0.39, 0.29) is 24.1 Å². The first-order valence-electron chi connectivity index (χ1n) is 8.72. The second kappa shape index (κ2) is 8.51. The summed E-state index contributed by atoms with van der Waals surface area (Å²) in [4.78, 5) is 27.6. The number of benzene rings is 1. The number of amides is 2. The summed E-state index contributed by atoms with van der Waals surface area (Å²) in [6.07, 6.45) is 0. The Kier molecular flexibility index (Phi) is 6.11. The Morgan fingerprint density at radius 3 is 2.58 bits per heavy atom. The van der Waals surface area contributed by atoms with Gasteiger partial charge in [-0.15, -0.1) is 0 Å². The summed E-state index contributed by atoms with van der Waals surface area (Å²) >= 11 is 3.15. The molecule has 7 heteroatoms. The summed E-state index contributed by atoms with van der Waals surface area (Å²) in [6.45, 7) is 6.36. The summed E-state index contributed by atoms with van der Waals surface area (Å²) in [7, 11) is 0. The average molecular weight is 421 g/mol. The van der Waals surface area contributed by atoms with E-state index in [1.165, 1.54) is 16.0 Å². The number of piperazine rings is 1. The molecule has 0 saturated carbocycles. The highest BCUT2D eigenvalue weighted by molar-refractivity contribution is 9.10. The van der Waals surface area contributed by atoms with E-state index in [1.54, 1.807) is 12.1 Å². The number of hydrogen-bond acceptors (Lipinski definition) is 3. The number of nitrogens with one attached hydrogen (secondary N) is 2. The quantitative estimate of drug-likeness (QED) is 0.758.